The van der Waals surface area contributed by atoms with Gasteiger partial charge in [-0.3, -0.25) is 4.79 Å². The molecule has 4 heteroatoms. The van der Waals surface area contributed by atoms with E-state index in [1.165, 1.54) is 13.0 Å². The van der Waals surface area contributed by atoms with Crippen LogP contribution < -0.4 is 4.74 Å². The lowest BCUT2D eigenvalue weighted by Gasteiger charge is -2.24. The number of methoxy groups -OCH3 is 1. The van der Waals surface area contributed by atoms with Gasteiger partial charge in [0.05, 0.1) is 7.11 Å². The summed E-state index contributed by atoms with van der Waals surface area (Å²) in [6, 6.07) is 7.26. The van der Waals surface area contributed by atoms with Gasteiger partial charge in [0.1, 0.15) is 5.75 Å². The Hall–Kier alpha value is -2.10. The van der Waals surface area contributed by atoms with Crippen LogP contribution in [-0.4, -0.2) is 24.5 Å². The van der Waals surface area contributed by atoms with Crippen LogP contribution in [0.1, 0.15) is 32.8 Å². The molecular weight excluding hydrogens is 256 g/mol. The first-order valence-corrected chi connectivity index (χ1v) is 6.47. The Kier molecular flexibility index (Phi) is 5.50. The van der Waals surface area contributed by atoms with E-state index < -0.39 is 11.6 Å². The second kappa shape index (κ2) is 6.89. The molecule has 1 rings (SSSR count). The Morgan fingerprint density at radius 2 is 1.85 bits per heavy atom. The number of carbonyl (C=O) groups is 2. The molecule has 0 amide bonds. The van der Waals surface area contributed by atoms with E-state index >= 15 is 0 Å². The minimum absolute atomic E-state index is 0.161. The molecule has 0 fully saturated rings. The lowest BCUT2D eigenvalue weighted by Crippen LogP contribution is -2.37. The van der Waals surface area contributed by atoms with Crippen LogP contribution >= 0.6 is 0 Å². The SMILES string of the molecule is CCC(C)(OC(=O)/C=C/c1ccc(OC)cc1)C(C)=O. The van der Waals surface area contributed by atoms with Gasteiger partial charge in [0, 0.05) is 6.08 Å². The Bertz CT molecular complexity index is 502. The summed E-state index contributed by atoms with van der Waals surface area (Å²) in [5, 5.41) is 0. The van der Waals surface area contributed by atoms with Crippen molar-refractivity contribution in [2.45, 2.75) is 32.8 Å². The fraction of sp³-hybridized carbons (Fsp3) is 0.375. The molecule has 0 spiro atoms. The number of rotatable bonds is 6. The van der Waals surface area contributed by atoms with Crippen LogP contribution in [-0.2, 0) is 14.3 Å². The third-order valence-electron chi connectivity index (χ3n) is 3.27. The molecule has 108 valence electrons. The molecular formula is C16H20O4. The molecule has 1 unspecified atom stereocenters. The van der Waals surface area contributed by atoms with Crippen molar-refractivity contribution in [3.63, 3.8) is 0 Å². The third-order valence-corrected chi connectivity index (χ3v) is 3.27. The maximum Gasteiger partial charge on any atom is 0.331 e. The van der Waals surface area contributed by atoms with Gasteiger partial charge < -0.3 is 9.47 Å². The Balaban J connectivity index is 2.69. The van der Waals surface area contributed by atoms with Gasteiger partial charge in [-0.15, -0.1) is 0 Å². The van der Waals surface area contributed by atoms with Crippen LogP contribution in [0.4, 0.5) is 0 Å². The van der Waals surface area contributed by atoms with E-state index in [4.69, 9.17) is 9.47 Å². The molecule has 1 atom stereocenters. The van der Waals surface area contributed by atoms with Crippen molar-refractivity contribution >= 4 is 17.8 Å². The third kappa shape index (κ3) is 4.23. The molecule has 4 nitrogen and oxygen atoms in total. The highest BCUT2D eigenvalue weighted by Crippen LogP contribution is 2.17. The standard InChI is InChI=1S/C16H20O4/c1-5-16(3,12(2)17)20-15(18)11-8-13-6-9-14(19-4)10-7-13/h6-11H,5H2,1-4H3/b11-8+. The average Bonchev–Trinajstić information content (AvgIpc) is 2.45. The van der Waals surface area contributed by atoms with Gasteiger partial charge in [-0.05, 0) is 44.0 Å². The van der Waals surface area contributed by atoms with Gasteiger partial charge in [-0.2, -0.15) is 0 Å². The van der Waals surface area contributed by atoms with Gasteiger partial charge in [0.15, 0.2) is 11.4 Å². The smallest absolute Gasteiger partial charge is 0.331 e. The molecule has 0 N–H and O–H groups in total. The zero-order valence-electron chi connectivity index (χ0n) is 12.3. The van der Waals surface area contributed by atoms with Crippen molar-refractivity contribution < 1.29 is 19.1 Å². The number of ketones is 1. The van der Waals surface area contributed by atoms with Crippen LogP contribution in [0.3, 0.4) is 0 Å². The van der Waals surface area contributed by atoms with Gasteiger partial charge in [0.2, 0.25) is 0 Å². The maximum absolute atomic E-state index is 11.7. The Labute approximate surface area is 119 Å². The molecule has 0 radical (unpaired) electrons. The highest BCUT2D eigenvalue weighted by Gasteiger charge is 2.31. The van der Waals surface area contributed by atoms with E-state index in [-0.39, 0.29) is 5.78 Å². The number of hydrogen-bond donors (Lipinski definition) is 0. The summed E-state index contributed by atoms with van der Waals surface area (Å²) >= 11 is 0. The lowest BCUT2D eigenvalue weighted by atomic mass is 9.99. The first kappa shape index (κ1) is 16.0. The van der Waals surface area contributed by atoms with Crippen LogP contribution in [0.25, 0.3) is 6.08 Å². The quantitative estimate of drug-likeness (QED) is 0.592. The van der Waals surface area contributed by atoms with Gasteiger partial charge in [0.25, 0.3) is 0 Å². The summed E-state index contributed by atoms with van der Waals surface area (Å²) in [5.74, 6) is 0.0615. The van der Waals surface area contributed by atoms with Gasteiger partial charge in [-0.25, -0.2) is 4.79 Å². The van der Waals surface area contributed by atoms with E-state index in [0.29, 0.717) is 6.42 Å². The molecule has 0 aliphatic carbocycles. The van der Waals surface area contributed by atoms with Crippen molar-refractivity contribution in [3.8, 4) is 5.75 Å². The van der Waals surface area contributed by atoms with Crippen molar-refractivity contribution in [2.24, 2.45) is 0 Å². The second-order valence-corrected chi connectivity index (χ2v) is 4.67. The summed E-state index contributed by atoms with van der Waals surface area (Å²) in [4.78, 5) is 23.2. The maximum atomic E-state index is 11.7. The fourth-order valence-corrected chi connectivity index (χ4v) is 1.53. The summed E-state index contributed by atoms with van der Waals surface area (Å²) in [6.45, 7) is 4.85. The summed E-state index contributed by atoms with van der Waals surface area (Å²) < 4.78 is 10.3. The topological polar surface area (TPSA) is 52.6 Å². The predicted molar refractivity (Wildman–Crippen MR) is 77.5 cm³/mol. The normalized spacial score (nSPS) is 13.8. The number of Topliss-reactive ketones (excluding diaryl/α,β-unsaturated/α-hetero) is 1. The second-order valence-electron chi connectivity index (χ2n) is 4.67. The molecule has 0 bridgehead atoms. The van der Waals surface area contributed by atoms with Crippen LogP contribution in [0.5, 0.6) is 5.75 Å². The summed E-state index contributed by atoms with van der Waals surface area (Å²) in [7, 11) is 1.59. The summed E-state index contributed by atoms with van der Waals surface area (Å²) in [6.07, 6.45) is 3.40. The zero-order valence-corrected chi connectivity index (χ0v) is 12.3. The molecule has 0 aliphatic rings. The van der Waals surface area contributed by atoms with E-state index in [2.05, 4.69) is 0 Å². The minimum atomic E-state index is -1.05. The van der Waals surface area contributed by atoms with Crippen LogP contribution in [0.2, 0.25) is 0 Å². The Morgan fingerprint density at radius 3 is 2.30 bits per heavy atom. The van der Waals surface area contributed by atoms with E-state index in [1.807, 2.05) is 19.1 Å². The molecule has 0 aliphatic heterocycles. The molecule has 0 aromatic heterocycles. The van der Waals surface area contributed by atoms with Crippen molar-refractivity contribution in [1.82, 2.24) is 0 Å². The minimum Gasteiger partial charge on any atom is -0.497 e. The molecule has 0 saturated heterocycles. The number of carbonyl (C=O) groups excluding carboxylic acids is 2. The summed E-state index contributed by atoms with van der Waals surface area (Å²) in [5.41, 5.74) is -0.204. The molecule has 1 aromatic rings. The molecule has 0 heterocycles. The molecule has 20 heavy (non-hydrogen) atoms. The Morgan fingerprint density at radius 1 is 1.25 bits per heavy atom. The number of benzene rings is 1. The largest absolute Gasteiger partial charge is 0.497 e. The molecule has 0 saturated carbocycles. The molecule has 1 aromatic carbocycles. The first-order chi connectivity index (χ1) is 9.41. The van der Waals surface area contributed by atoms with Crippen molar-refractivity contribution in [1.29, 1.82) is 0 Å². The number of ether oxygens (including phenoxy) is 2. The lowest BCUT2D eigenvalue weighted by molar-refractivity contribution is -0.160. The highest BCUT2D eigenvalue weighted by atomic mass is 16.6. The van der Waals surface area contributed by atoms with Crippen molar-refractivity contribution in [2.75, 3.05) is 7.11 Å². The number of hydrogen-bond acceptors (Lipinski definition) is 4. The van der Waals surface area contributed by atoms with Crippen molar-refractivity contribution in [3.05, 3.63) is 35.9 Å². The van der Waals surface area contributed by atoms with E-state index in [0.717, 1.165) is 11.3 Å². The average molecular weight is 276 g/mol. The van der Waals surface area contributed by atoms with Gasteiger partial charge in [-0.1, -0.05) is 19.1 Å². The fourth-order valence-electron chi connectivity index (χ4n) is 1.53. The van der Waals surface area contributed by atoms with E-state index in [1.54, 1.807) is 32.2 Å². The monoisotopic (exact) mass is 276 g/mol. The van der Waals surface area contributed by atoms with Gasteiger partial charge >= 0.3 is 5.97 Å². The zero-order chi connectivity index (χ0) is 15.2. The van der Waals surface area contributed by atoms with Crippen LogP contribution in [0.15, 0.2) is 30.3 Å². The number of esters is 1. The van der Waals surface area contributed by atoms with Crippen LogP contribution in [0, 0.1) is 0 Å². The van der Waals surface area contributed by atoms with E-state index in [9.17, 15) is 9.59 Å². The highest BCUT2D eigenvalue weighted by molar-refractivity contribution is 5.92. The first-order valence-electron chi connectivity index (χ1n) is 6.47. The predicted octanol–water partition coefficient (Wildman–Crippen LogP) is 3.01.